The Hall–Kier alpha value is -2.36. The van der Waals surface area contributed by atoms with Gasteiger partial charge < -0.3 is 14.5 Å². The van der Waals surface area contributed by atoms with Gasteiger partial charge in [0, 0.05) is 34.7 Å². The number of H-pyrrole nitrogens is 1. The lowest BCUT2D eigenvalue weighted by Gasteiger charge is -2.11. The number of aromatic amines is 1. The van der Waals surface area contributed by atoms with Gasteiger partial charge in [0.05, 0.1) is 11.5 Å². The number of aromatic nitrogens is 1. The van der Waals surface area contributed by atoms with Gasteiger partial charge in [0.1, 0.15) is 11.5 Å². The fourth-order valence-electron chi connectivity index (χ4n) is 3.16. The van der Waals surface area contributed by atoms with Crippen molar-refractivity contribution < 1.29 is 26.7 Å². The van der Waals surface area contributed by atoms with E-state index in [1.165, 1.54) is 24.3 Å². The molecule has 30 heavy (non-hydrogen) atoms. The highest BCUT2D eigenvalue weighted by Crippen LogP contribution is 2.30. The number of sulfonamides is 1. The zero-order valence-corrected chi connectivity index (χ0v) is 17.9. The maximum atomic E-state index is 12.9. The summed E-state index contributed by atoms with van der Waals surface area (Å²) in [6.07, 6.45) is 0.350. The Balaban J connectivity index is 1.73. The van der Waals surface area contributed by atoms with Crippen LogP contribution in [0.15, 0.2) is 47.4 Å². The molecule has 2 aromatic carbocycles. The Bertz CT molecular complexity index is 1130. The second-order valence-electron chi connectivity index (χ2n) is 6.54. The molecule has 0 spiro atoms. The van der Waals surface area contributed by atoms with Crippen LogP contribution in [0.25, 0.3) is 10.9 Å². The monoisotopic (exact) mass is 458 g/mol. The molecular formula is C20H21ClF2N2O4S. The molecule has 1 aromatic heterocycles. The number of aryl methyl sites for hydroxylation is 1. The van der Waals surface area contributed by atoms with Gasteiger partial charge >= 0.3 is 5.57 Å². The molecule has 0 fully saturated rings. The quantitative estimate of drug-likeness (QED) is 0.460. The van der Waals surface area contributed by atoms with Gasteiger partial charge in [-0.25, -0.2) is 13.1 Å². The molecular weight excluding hydrogens is 438 g/mol. The van der Waals surface area contributed by atoms with Crippen molar-refractivity contribution in [3.8, 4) is 11.5 Å². The highest BCUT2D eigenvalue weighted by Gasteiger charge is 2.27. The van der Waals surface area contributed by atoms with Crippen LogP contribution in [0.1, 0.15) is 18.2 Å². The van der Waals surface area contributed by atoms with Crippen molar-refractivity contribution in [1.82, 2.24) is 9.71 Å². The maximum absolute atomic E-state index is 12.9. The summed E-state index contributed by atoms with van der Waals surface area (Å²) in [5, 5.41) is 0.659. The topological polar surface area (TPSA) is 80.4 Å². The second kappa shape index (κ2) is 8.79. The normalized spacial score (nSPS) is 12.3. The van der Waals surface area contributed by atoms with Gasteiger partial charge in [-0.1, -0.05) is 0 Å². The van der Waals surface area contributed by atoms with E-state index in [2.05, 4.69) is 14.4 Å². The minimum absolute atomic E-state index is 0.0854. The number of fused-ring (bicyclic) bond motifs is 1. The maximum Gasteiger partial charge on any atom is 0.487 e. The first kappa shape index (κ1) is 22.3. The van der Waals surface area contributed by atoms with Crippen molar-refractivity contribution in [2.75, 3.05) is 13.2 Å². The summed E-state index contributed by atoms with van der Waals surface area (Å²) in [6, 6.07) is 10.6. The number of hydrogen-bond acceptors (Lipinski definition) is 4. The molecule has 3 rings (SSSR count). The van der Waals surface area contributed by atoms with E-state index in [1.54, 1.807) is 18.2 Å². The van der Waals surface area contributed by atoms with Gasteiger partial charge in [-0.15, -0.1) is 8.78 Å². The fraction of sp³-hybridized carbons (Fsp3) is 0.300. The van der Waals surface area contributed by atoms with Gasteiger partial charge in [-0.3, -0.25) is 0 Å². The van der Waals surface area contributed by atoms with Gasteiger partial charge in [0.15, 0.2) is 0 Å². The van der Waals surface area contributed by atoms with Crippen molar-refractivity contribution in [1.29, 1.82) is 0 Å². The summed E-state index contributed by atoms with van der Waals surface area (Å²) in [6.45, 7) is 4.28. The fourth-order valence-corrected chi connectivity index (χ4v) is 4.28. The molecule has 0 aliphatic heterocycles. The minimum atomic E-state index is -3.81. The van der Waals surface area contributed by atoms with E-state index in [4.69, 9.17) is 16.3 Å². The molecule has 0 saturated carbocycles. The van der Waals surface area contributed by atoms with Crippen LogP contribution in [-0.4, -0.2) is 32.1 Å². The lowest BCUT2D eigenvalue weighted by atomic mass is 10.1. The zero-order chi connectivity index (χ0) is 21.9. The van der Waals surface area contributed by atoms with Gasteiger partial charge in [-0.05, 0) is 68.3 Å². The zero-order valence-electron chi connectivity index (χ0n) is 16.3. The number of halogens is 3. The third-order valence-electron chi connectivity index (χ3n) is 4.44. The van der Waals surface area contributed by atoms with E-state index in [1.807, 2.05) is 13.8 Å². The number of nitrogens with one attached hydrogen (secondary N) is 2. The van der Waals surface area contributed by atoms with E-state index in [0.29, 0.717) is 24.2 Å². The van der Waals surface area contributed by atoms with Crippen LogP contribution in [0.4, 0.5) is 8.78 Å². The van der Waals surface area contributed by atoms with Crippen LogP contribution in [0, 0.1) is 6.92 Å². The van der Waals surface area contributed by atoms with Crippen LogP contribution >= 0.6 is 11.6 Å². The van der Waals surface area contributed by atoms with Crippen LogP contribution in [-0.2, 0) is 16.4 Å². The smallest absolute Gasteiger partial charge is 0.487 e. The molecule has 1 heterocycles. The number of benzene rings is 2. The largest absolute Gasteiger partial charge is 0.494 e. The van der Waals surface area contributed by atoms with Gasteiger partial charge in [0.25, 0.3) is 0 Å². The van der Waals surface area contributed by atoms with Crippen molar-refractivity contribution in [3.63, 3.8) is 0 Å². The number of alkyl halides is 3. The summed E-state index contributed by atoms with van der Waals surface area (Å²) in [5.74, 6) is 0.504. The first-order valence-electron chi connectivity index (χ1n) is 9.18. The van der Waals surface area contributed by atoms with E-state index in [-0.39, 0.29) is 17.2 Å². The summed E-state index contributed by atoms with van der Waals surface area (Å²) in [4.78, 5) is 3.27. The molecule has 0 radical (unpaired) electrons. The SMILES string of the molecule is CCOc1ccc(S(=O)(=O)NCCc2c(C)[nH]c3ccc(OC(F)(F)Cl)cc23)cc1. The predicted octanol–water partition coefficient (Wildman–Crippen LogP) is 4.56. The molecule has 2 N–H and O–H groups in total. The average Bonchev–Trinajstić information content (AvgIpc) is 2.96. The van der Waals surface area contributed by atoms with E-state index in [0.717, 1.165) is 16.8 Å². The summed E-state index contributed by atoms with van der Waals surface area (Å²) in [5.41, 5.74) is -1.49. The average molecular weight is 459 g/mol. The third kappa shape index (κ3) is 5.41. The van der Waals surface area contributed by atoms with Crippen molar-refractivity contribution >= 4 is 32.5 Å². The number of rotatable bonds is 9. The molecule has 0 aliphatic carbocycles. The predicted molar refractivity (Wildman–Crippen MR) is 111 cm³/mol. The first-order chi connectivity index (χ1) is 14.1. The van der Waals surface area contributed by atoms with Crippen molar-refractivity contribution in [2.45, 2.75) is 30.7 Å². The van der Waals surface area contributed by atoms with E-state index >= 15 is 0 Å². The van der Waals surface area contributed by atoms with Crippen LogP contribution in [0.5, 0.6) is 11.5 Å². The van der Waals surface area contributed by atoms with Crippen molar-refractivity contribution in [3.05, 3.63) is 53.7 Å². The Morgan fingerprint density at radius 2 is 1.80 bits per heavy atom. The molecule has 0 saturated heterocycles. The molecule has 0 bridgehead atoms. The molecule has 0 atom stereocenters. The van der Waals surface area contributed by atoms with E-state index < -0.39 is 15.6 Å². The number of hydrogen-bond donors (Lipinski definition) is 2. The first-order valence-corrected chi connectivity index (χ1v) is 11.0. The van der Waals surface area contributed by atoms with Crippen LogP contribution in [0.3, 0.4) is 0 Å². The lowest BCUT2D eigenvalue weighted by Crippen LogP contribution is -2.26. The molecule has 0 amide bonds. The summed E-state index contributed by atoms with van der Waals surface area (Å²) < 4.78 is 63.2. The van der Waals surface area contributed by atoms with Crippen LogP contribution in [0.2, 0.25) is 0 Å². The molecule has 0 aliphatic rings. The second-order valence-corrected chi connectivity index (χ2v) is 8.74. The Kier molecular flexibility index (Phi) is 6.54. The highest BCUT2D eigenvalue weighted by atomic mass is 35.5. The van der Waals surface area contributed by atoms with Crippen molar-refractivity contribution in [2.24, 2.45) is 0 Å². The van der Waals surface area contributed by atoms with Gasteiger partial charge in [0.2, 0.25) is 10.0 Å². The Morgan fingerprint density at radius 3 is 2.43 bits per heavy atom. The standard InChI is InChI=1S/C20H21ClF2N2O4S/c1-3-28-14-4-7-16(8-5-14)30(26,27)24-11-10-17-13(2)25-19-9-6-15(12-18(17)19)29-20(21,22)23/h4-9,12,24-25H,3,10-11H2,1-2H3. The van der Waals surface area contributed by atoms with Crippen LogP contribution < -0.4 is 14.2 Å². The number of ether oxygens (including phenoxy) is 2. The van der Waals surface area contributed by atoms with E-state index in [9.17, 15) is 17.2 Å². The molecule has 10 heteroatoms. The minimum Gasteiger partial charge on any atom is -0.494 e. The molecule has 6 nitrogen and oxygen atoms in total. The third-order valence-corrected chi connectivity index (χ3v) is 5.99. The Morgan fingerprint density at radius 1 is 1.13 bits per heavy atom. The van der Waals surface area contributed by atoms with Gasteiger partial charge in [-0.2, -0.15) is 0 Å². The molecule has 162 valence electrons. The summed E-state index contributed by atoms with van der Waals surface area (Å²) in [7, 11) is -3.70. The summed E-state index contributed by atoms with van der Waals surface area (Å²) >= 11 is 4.84. The Labute approximate surface area is 178 Å². The molecule has 0 unspecified atom stereocenters. The lowest BCUT2D eigenvalue weighted by molar-refractivity contribution is -0.0964. The molecule has 3 aromatic rings. The highest BCUT2D eigenvalue weighted by molar-refractivity contribution is 7.89.